The van der Waals surface area contributed by atoms with Crippen LogP contribution in [0.3, 0.4) is 0 Å². The lowest BCUT2D eigenvalue weighted by atomic mass is 10.2. The number of rotatable bonds is 5. The van der Waals surface area contributed by atoms with Crippen molar-refractivity contribution in [2.45, 2.75) is 13.1 Å². The largest absolute Gasteiger partial charge is 0.493 e. The van der Waals surface area contributed by atoms with Crippen LogP contribution in [-0.2, 0) is 11.0 Å². The molecule has 0 atom stereocenters. The van der Waals surface area contributed by atoms with E-state index in [0.29, 0.717) is 43.5 Å². The number of piperazine rings is 1. The lowest BCUT2D eigenvalue weighted by molar-refractivity contribution is -0.138. The monoisotopic (exact) mass is 409 g/mol. The molecule has 2 heterocycles. The van der Waals surface area contributed by atoms with E-state index in [-0.39, 0.29) is 12.5 Å². The van der Waals surface area contributed by atoms with Crippen LogP contribution in [0.4, 0.5) is 19.0 Å². The van der Waals surface area contributed by atoms with Crippen LogP contribution in [0, 0.1) is 6.92 Å². The molecule has 0 saturated carbocycles. The second-order valence-electron chi connectivity index (χ2n) is 6.71. The first-order valence-corrected chi connectivity index (χ1v) is 9.11. The van der Waals surface area contributed by atoms with Crippen molar-refractivity contribution in [3.8, 4) is 11.5 Å². The van der Waals surface area contributed by atoms with Crippen LogP contribution in [-0.4, -0.2) is 55.7 Å². The fourth-order valence-electron chi connectivity index (χ4n) is 3.05. The first-order valence-electron chi connectivity index (χ1n) is 9.11. The van der Waals surface area contributed by atoms with Crippen molar-refractivity contribution in [2.75, 3.05) is 44.8 Å². The highest BCUT2D eigenvalue weighted by Crippen LogP contribution is 2.30. The zero-order valence-electron chi connectivity index (χ0n) is 16.2. The summed E-state index contributed by atoms with van der Waals surface area (Å²) in [6.07, 6.45) is -3.58. The van der Waals surface area contributed by atoms with Gasteiger partial charge in [-0.05, 0) is 36.8 Å². The molecule has 1 amide bonds. The van der Waals surface area contributed by atoms with Gasteiger partial charge in [-0.3, -0.25) is 4.79 Å². The van der Waals surface area contributed by atoms with Gasteiger partial charge in [0.25, 0.3) is 5.91 Å². The number of hydrogen-bond acceptors (Lipinski definition) is 5. The molecule has 0 N–H and O–H groups in total. The molecule has 156 valence electrons. The zero-order valence-corrected chi connectivity index (χ0v) is 16.2. The van der Waals surface area contributed by atoms with E-state index >= 15 is 0 Å². The molecule has 0 bridgehead atoms. The molecule has 9 heteroatoms. The summed E-state index contributed by atoms with van der Waals surface area (Å²) in [6.45, 7) is 3.67. The minimum Gasteiger partial charge on any atom is -0.493 e. The maximum absolute atomic E-state index is 12.6. The van der Waals surface area contributed by atoms with E-state index in [1.807, 2.05) is 24.0 Å². The Morgan fingerprint density at radius 3 is 2.41 bits per heavy atom. The third kappa shape index (κ3) is 5.10. The van der Waals surface area contributed by atoms with Crippen LogP contribution < -0.4 is 14.4 Å². The van der Waals surface area contributed by atoms with Gasteiger partial charge in [0.1, 0.15) is 5.82 Å². The van der Waals surface area contributed by atoms with Crippen molar-refractivity contribution >= 4 is 11.7 Å². The summed E-state index contributed by atoms with van der Waals surface area (Å²) in [4.78, 5) is 19.9. The van der Waals surface area contributed by atoms with Crippen molar-refractivity contribution in [2.24, 2.45) is 0 Å². The quantitative estimate of drug-likeness (QED) is 0.760. The highest BCUT2D eigenvalue weighted by atomic mass is 19.4. The topological polar surface area (TPSA) is 54.9 Å². The summed E-state index contributed by atoms with van der Waals surface area (Å²) in [6, 6.07) is 7.83. The van der Waals surface area contributed by atoms with Crippen LogP contribution in [0.15, 0.2) is 36.5 Å². The summed E-state index contributed by atoms with van der Waals surface area (Å²) in [5.41, 5.74) is 0.243. The van der Waals surface area contributed by atoms with Crippen molar-refractivity contribution in [3.63, 3.8) is 0 Å². The Morgan fingerprint density at radius 2 is 1.83 bits per heavy atom. The van der Waals surface area contributed by atoms with Gasteiger partial charge in [0.15, 0.2) is 18.1 Å². The fraction of sp³-hybridized carbons (Fsp3) is 0.400. The van der Waals surface area contributed by atoms with E-state index in [4.69, 9.17) is 9.47 Å². The highest BCUT2D eigenvalue weighted by molar-refractivity contribution is 5.78. The third-order valence-electron chi connectivity index (χ3n) is 4.70. The maximum Gasteiger partial charge on any atom is 0.417 e. The molecule has 0 aliphatic carbocycles. The van der Waals surface area contributed by atoms with Crippen LogP contribution in [0.5, 0.6) is 11.5 Å². The van der Waals surface area contributed by atoms with Crippen molar-refractivity contribution in [3.05, 3.63) is 47.7 Å². The molecule has 1 aromatic heterocycles. The molecule has 1 aromatic carbocycles. The van der Waals surface area contributed by atoms with Crippen molar-refractivity contribution in [1.82, 2.24) is 9.88 Å². The molecular weight excluding hydrogens is 387 g/mol. The summed E-state index contributed by atoms with van der Waals surface area (Å²) in [7, 11) is 1.54. The number of alkyl halides is 3. The molecular formula is C20H22F3N3O3. The second-order valence-corrected chi connectivity index (χ2v) is 6.71. The predicted molar refractivity (Wildman–Crippen MR) is 101 cm³/mol. The molecule has 6 nitrogen and oxygen atoms in total. The Hall–Kier alpha value is -2.97. The lowest BCUT2D eigenvalue weighted by Crippen LogP contribution is -2.50. The molecule has 1 aliphatic rings. The van der Waals surface area contributed by atoms with E-state index in [9.17, 15) is 18.0 Å². The number of benzene rings is 1. The number of aromatic nitrogens is 1. The van der Waals surface area contributed by atoms with Gasteiger partial charge in [-0.25, -0.2) is 4.98 Å². The normalized spacial score (nSPS) is 14.7. The van der Waals surface area contributed by atoms with Gasteiger partial charge >= 0.3 is 6.18 Å². The second kappa shape index (κ2) is 8.59. The van der Waals surface area contributed by atoms with Crippen LogP contribution in [0.2, 0.25) is 0 Å². The minimum absolute atomic E-state index is 0.113. The fourth-order valence-corrected chi connectivity index (χ4v) is 3.05. The van der Waals surface area contributed by atoms with E-state index < -0.39 is 11.7 Å². The van der Waals surface area contributed by atoms with Crippen LogP contribution in [0.1, 0.15) is 11.1 Å². The minimum atomic E-state index is -4.41. The Labute approximate surface area is 166 Å². The molecule has 1 aliphatic heterocycles. The Bertz CT molecular complexity index is 848. The van der Waals surface area contributed by atoms with E-state index in [1.54, 1.807) is 11.0 Å². The molecule has 29 heavy (non-hydrogen) atoms. The first kappa shape index (κ1) is 20.8. The van der Waals surface area contributed by atoms with Gasteiger partial charge in [0.2, 0.25) is 0 Å². The molecule has 0 spiro atoms. The smallest absolute Gasteiger partial charge is 0.417 e. The van der Waals surface area contributed by atoms with Gasteiger partial charge in [0, 0.05) is 32.4 Å². The number of pyridine rings is 1. The summed E-state index contributed by atoms with van der Waals surface area (Å²) >= 11 is 0. The van der Waals surface area contributed by atoms with Gasteiger partial charge in [-0.1, -0.05) is 6.07 Å². The average Bonchev–Trinajstić information content (AvgIpc) is 2.72. The molecule has 1 saturated heterocycles. The van der Waals surface area contributed by atoms with E-state index in [0.717, 1.165) is 17.8 Å². The van der Waals surface area contributed by atoms with Crippen LogP contribution >= 0.6 is 0 Å². The maximum atomic E-state index is 12.6. The van der Waals surface area contributed by atoms with Gasteiger partial charge < -0.3 is 19.3 Å². The Kier molecular flexibility index (Phi) is 6.14. The predicted octanol–water partition coefficient (Wildman–Crippen LogP) is 3.15. The SMILES string of the molecule is COc1cc(C)ccc1OCC(=O)N1CCN(c2ccc(C(F)(F)F)cn2)CC1. The molecule has 0 radical (unpaired) electrons. The highest BCUT2D eigenvalue weighted by Gasteiger charge is 2.31. The van der Waals surface area contributed by atoms with Gasteiger partial charge in [-0.2, -0.15) is 13.2 Å². The number of carbonyl (C=O) groups is 1. The number of carbonyl (C=O) groups excluding carboxylic acids is 1. The number of ether oxygens (including phenoxy) is 2. The molecule has 3 rings (SSSR count). The Balaban J connectivity index is 1.52. The van der Waals surface area contributed by atoms with Crippen LogP contribution in [0.25, 0.3) is 0 Å². The van der Waals surface area contributed by atoms with E-state index in [1.165, 1.54) is 13.2 Å². The summed E-state index contributed by atoms with van der Waals surface area (Å²) in [5.74, 6) is 1.37. The molecule has 0 unspecified atom stereocenters. The summed E-state index contributed by atoms with van der Waals surface area (Å²) < 4.78 is 48.8. The van der Waals surface area contributed by atoms with Gasteiger partial charge in [0.05, 0.1) is 12.7 Å². The van der Waals surface area contributed by atoms with Gasteiger partial charge in [-0.15, -0.1) is 0 Å². The lowest BCUT2D eigenvalue weighted by Gasteiger charge is -2.35. The molecule has 2 aromatic rings. The number of anilines is 1. The molecule has 1 fully saturated rings. The number of nitrogens with zero attached hydrogens (tertiary/aromatic N) is 3. The number of methoxy groups -OCH3 is 1. The Morgan fingerprint density at radius 1 is 1.10 bits per heavy atom. The van der Waals surface area contributed by atoms with E-state index in [2.05, 4.69) is 4.98 Å². The number of hydrogen-bond donors (Lipinski definition) is 0. The standard InChI is InChI=1S/C20H22F3N3O3/c1-14-3-5-16(17(11-14)28-2)29-13-19(27)26-9-7-25(8-10-26)18-6-4-15(12-24-18)20(21,22)23/h3-6,11-12H,7-10,13H2,1-2H3. The number of halogens is 3. The summed E-state index contributed by atoms with van der Waals surface area (Å²) in [5, 5.41) is 0. The van der Waals surface area contributed by atoms with Crippen molar-refractivity contribution in [1.29, 1.82) is 0 Å². The average molecular weight is 409 g/mol. The van der Waals surface area contributed by atoms with Crippen molar-refractivity contribution < 1.29 is 27.4 Å². The number of aryl methyl sites for hydroxylation is 1. The zero-order chi connectivity index (χ0) is 21.0. The third-order valence-corrected chi connectivity index (χ3v) is 4.70. The number of amides is 1. The first-order chi connectivity index (χ1) is 13.8.